The second-order valence-electron chi connectivity index (χ2n) is 5.37. The van der Waals surface area contributed by atoms with E-state index in [2.05, 4.69) is 21.6 Å². The normalized spacial score (nSPS) is 10.6. The van der Waals surface area contributed by atoms with E-state index >= 15 is 0 Å². The SMILES string of the molecule is C=CCOc1cccc(CN(CC)C(=O)c2nc3ncccn3n2)c1. The van der Waals surface area contributed by atoms with Crippen molar-refractivity contribution in [3.8, 4) is 5.75 Å². The van der Waals surface area contributed by atoms with Gasteiger partial charge >= 0.3 is 0 Å². The van der Waals surface area contributed by atoms with Gasteiger partial charge in [-0.25, -0.2) is 9.50 Å². The largest absolute Gasteiger partial charge is 0.490 e. The van der Waals surface area contributed by atoms with Crippen molar-refractivity contribution in [2.45, 2.75) is 13.5 Å². The molecule has 0 radical (unpaired) electrons. The molecule has 0 atom stereocenters. The topological polar surface area (TPSA) is 72.6 Å². The quantitative estimate of drug-likeness (QED) is 0.619. The van der Waals surface area contributed by atoms with E-state index in [1.54, 1.807) is 29.4 Å². The summed E-state index contributed by atoms with van der Waals surface area (Å²) in [6.07, 6.45) is 5.02. The van der Waals surface area contributed by atoms with Crippen LogP contribution in [-0.4, -0.2) is 43.5 Å². The lowest BCUT2D eigenvalue weighted by Crippen LogP contribution is -2.31. The number of ether oxygens (including phenoxy) is 1. The average Bonchev–Trinajstić information content (AvgIpc) is 3.08. The maximum absolute atomic E-state index is 12.7. The Morgan fingerprint density at radius 3 is 3.04 bits per heavy atom. The number of nitrogens with zero attached hydrogens (tertiary/aromatic N) is 5. The zero-order chi connectivity index (χ0) is 17.6. The molecule has 0 unspecified atom stereocenters. The predicted octanol–water partition coefficient (Wildman–Crippen LogP) is 2.35. The maximum Gasteiger partial charge on any atom is 0.293 e. The molecule has 0 spiro atoms. The fraction of sp³-hybridized carbons (Fsp3) is 0.222. The minimum Gasteiger partial charge on any atom is -0.490 e. The van der Waals surface area contributed by atoms with Gasteiger partial charge in [0.15, 0.2) is 0 Å². The first-order valence-electron chi connectivity index (χ1n) is 8.00. The zero-order valence-electron chi connectivity index (χ0n) is 14.0. The number of hydrogen-bond donors (Lipinski definition) is 0. The Kier molecular flexibility index (Phi) is 5.03. The van der Waals surface area contributed by atoms with E-state index in [-0.39, 0.29) is 11.7 Å². The summed E-state index contributed by atoms with van der Waals surface area (Å²) in [5.41, 5.74) is 0.971. The van der Waals surface area contributed by atoms with Gasteiger partial charge in [0.2, 0.25) is 5.82 Å². The average molecular weight is 337 g/mol. The van der Waals surface area contributed by atoms with Crippen molar-refractivity contribution < 1.29 is 9.53 Å². The Labute approximate surface area is 145 Å². The van der Waals surface area contributed by atoms with Crippen LogP contribution in [0, 0.1) is 0 Å². The highest BCUT2D eigenvalue weighted by atomic mass is 16.5. The smallest absolute Gasteiger partial charge is 0.293 e. The minimum absolute atomic E-state index is 0.139. The molecule has 2 heterocycles. The van der Waals surface area contributed by atoms with Crippen molar-refractivity contribution in [2.24, 2.45) is 0 Å². The van der Waals surface area contributed by atoms with Crippen LogP contribution in [0.15, 0.2) is 55.4 Å². The summed E-state index contributed by atoms with van der Waals surface area (Å²) < 4.78 is 7.03. The van der Waals surface area contributed by atoms with E-state index in [1.807, 2.05) is 31.2 Å². The molecule has 0 N–H and O–H groups in total. The summed E-state index contributed by atoms with van der Waals surface area (Å²) in [7, 11) is 0. The molecular formula is C18H19N5O2. The Hall–Kier alpha value is -3.22. The van der Waals surface area contributed by atoms with Gasteiger partial charge in [-0.3, -0.25) is 4.79 Å². The van der Waals surface area contributed by atoms with Crippen molar-refractivity contribution in [3.05, 3.63) is 66.8 Å². The number of carbonyl (C=O) groups is 1. The van der Waals surface area contributed by atoms with E-state index < -0.39 is 0 Å². The molecular weight excluding hydrogens is 318 g/mol. The zero-order valence-corrected chi connectivity index (χ0v) is 14.0. The first-order chi connectivity index (χ1) is 12.2. The third-order valence-electron chi connectivity index (χ3n) is 3.62. The summed E-state index contributed by atoms with van der Waals surface area (Å²) in [5.74, 6) is 1.06. The summed E-state index contributed by atoms with van der Waals surface area (Å²) in [6, 6.07) is 9.38. The lowest BCUT2D eigenvalue weighted by atomic mass is 10.2. The molecule has 0 saturated heterocycles. The Morgan fingerprint density at radius 2 is 2.28 bits per heavy atom. The van der Waals surface area contributed by atoms with Crippen LogP contribution in [0.5, 0.6) is 5.75 Å². The molecule has 7 heteroatoms. The second-order valence-corrected chi connectivity index (χ2v) is 5.37. The molecule has 7 nitrogen and oxygen atoms in total. The van der Waals surface area contributed by atoms with Gasteiger partial charge in [0.25, 0.3) is 11.7 Å². The lowest BCUT2D eigenvalue weighted by Gasteiger charge is -2.19. The van der Waals surface area contributed by atoms with Crippen molar-refractivity contribution in [1.82, 2.24) is 24.5 Å². The molecule has 1 amide bonds. The van der Waals surface area contributed by atoms with Gasteiger partial charge in [-0.1, -0.05) is 24.8 Å². The third-order valence-corrected chi connectivity index (χ3v) is 3.62. The van der Waals surface area contributed by atoms with E-state index in [1.165, 1.54) is 4.52 Å². The number of hydrogen-bond acceptors (Lipinski definition) is 5. The van der Waals surface area contributed by atoms with Crippen LogP contribution in [0.1, 0.15) is 23.1 Å². The monoisotopic (exact) mass is 337 g/mol. The van der Waals surface area contributed by atoms with E-state index in [9.17, 15) is 4.79 Å². The maximum atomic E-state index is 12.7. The van der Waals surface area contributed by atoms with Gasteiger partial charge in [0.1, 0.15) is 12.4 Å². The molecule has 0 bridgehead atoms. The Bertz CT molecular complexity index is 857. The third kappa shape index (κ3) is 3.82. The molecule has 0 aliphatic carbocycles. The molecule has 0 aliphatic rings. The van der Waals surface area contributed by atoms with Crippen LogP contribution in [0.25, 0.3) is 5.78 Å². The molecule has 0 aliphatic heterocycles. The highest BCUT2D eigenvalue weighted by Crippen LogP contribution is 2.16. The fourth-order valence-corrected chi connectivity index (χ4v) is 2.40. The van der Waals surface area contributed by atoms with Gasteiger partial charge in [-0.05, 0) is 30.7 Å². The van der Waals surface area contributed by atoms with Gasteiger partial charge in [-0.2, -0.15) is 4.98 Å². The van der Waals surface area contributed by atoms with Crippen LogP contribution in [-0.2, 0) is 6.54 Å². The number of benzene rings is 1. The number of amides is 1. The minimum atomic E-state index is -0.231. The standard InChI is InChI=1S/C18H19N5O2/c1-3-11-25-15-8-5-7-14(12-15)13-22(4-2)17(24)16-20-18-19-9-6-10-23(18)21-16/h3,5-10,12H,1,4,11,13H2,2H3. The van der Waals surface area contributed by atoms with Gasteiger partial charge < -0.3 is 9.64 Å². The van der Waals surface area contributed by atoms with Gasteiger partial charge in [0.05, 0.1) is 0 Å². The number of aromatic nitrogens is 4. The van der Waals surface area contributed by atoms with Gasteiger partial charge in [0, 0.05) is 25.5 Å². The highest BCUT2D eigenvalue weighted by Gasteiger charge is 2.20. The van der Waals surface area contributed by atoms with E-state index in [4.69, 9.17) is 4.74 Å². The fourth-order valence-electron chi connectivity index (χ4n) is 2.40. The summed E-state index contributed by atoms with van der Waals surface area (Å²) in [4.78, 5) is 22.7. The van der Waals surface area contributed by atoms with E-state index in [0.29, 0.717) is 25.5 Å². The number of rotatable bonds is 7. The van der Waals surface area contributed by atoms with E-state index in [0.717, 1.165) is 11.3 Å². The van der Waals surface area contributed by atoms with Crippen LogP contribution in [0.3, 0.4) is 0 Å². The first-order valence-corrected chi connectivity index (χ1v) is 8.00. The Balaban J connectivity index is 1.77. The van der Waals surface area contributed by atoms with Crippen LogP contribution in [0.4, 0.5) is 0 Å². The predicted molar refractivity (Wildman–Crippen MR) is 93.3 cm³/mol. The number of fused-ring (bicyclic) bond motifs is 1. The molecule has 1 aromatic carbocycles. The van der Waals surface area contributed by atoms with Crippen molar-refractivity contribution in [2.75, 3.05) is 13.2 Å². The molecule has 3 aromatic rings. The second kappa shape index (κ2) is 7.57. The highest BCUT2D eigenvalue weighted by molar-refractivity contribution is 5.90. The summed E-state index contributed by atoms with van der Waals surface area (Å²) in [6.45, 7) is 6.99. The lowest BCUT2D eigenvalue weighted by molar-refractivity contribution is 0.0740. The molecule has 2 aromatic heterocycles. The van der Waals surface area contributed by atoms with Crippen molar-refractivity contribution in [3.63, 3.8) is 0 Å². The molecule has 128 valence electrons. The Morgan fingerprint density at radius 1 is 1.40 bits per heavy atom. The summed E-state index contributed by atoms with van der Waals surface area (Å²) in [5, 5.41) is 4.20. The molecule has 25 heavy (non-hydrogen) atoms. The van der Waals surface area contributed by atoms with Crippen LogP contribution in [0.2, 0.25) is 0 Å². The van der Waals surface area contributed by atoms with Gasteiger partial charge in [-0.15, -0.1) is 5.10 Å². The summed E-state index contributed by atoms with van der Waals surface area (Å²) >= 11 is 0. The molecule has 0 saturated carbocycles. The van der Waals surface area contributed by atoms with Crippen molar-refractivity contribution in [1.29, 1.82) is 0 Å². The molecule has 0 fully saturated rings. The van der Waals surface area contributed by atoms with Crippen molar-refractivity contribution >= 4 is 11.7 Å². The number of carbonyl (C=O) groups excluding carboxylic acids is 1. The molecule has 3 rings (SSSR count). The van der Waals surface area contributed by atoms with Crippen LogP contribution >= 0.6 is 0 Å². The van der Waals surface area contributed by atoms with Crippen LogP contribution < -0.4 is 4.74 Å². The first kappa shape index (κ1) is 16.6.